The van der Waals surface area contributed by atoms with Crippen LogP contribution in [-0.2, 0) is 11.3 Å². The molecule has 1 fully saturated rings. The van der Waals surface area contributed by atoms with Gasteiger partial charge < -0.3 is 5.11 Å². The second kappa shape index (κ2) is 6.21. The standard InChI is InChI=1S/C18H24N2O2S/c1-18(2,3)14-6-13(17(21)22)9-20(10-14)11-15-7-12-4-5-19-8-16(12)23-15/h4-5,7-8,13-14H,6,9-11H2,1-3H3,(H,21,22)/t13-,14+/m0/s1. The van der Waals surface area contributed by atoms with E-state index in [4.69, 9.17) is 0 Å². The first kappa shape index (κ1) is 16.4. The Morgan fingerprint density at radius 1 is 1.43 bits per heavy atom. The zero-order chi connectivity index (χ0) is 16.6. The molecule has 0 aromatic carbocycles. The summed E-state index contributed by atoms with van der Waals surface area (Å²) in [5.74, 6) is -0.512. The lowest BCUT2D eigenvalue weighted by atomic mass is 9.73. The number of aromatic nitrogens is 1. The van der Waals surface area contributed by atoms with Gasteiger partial charge in [0.15, 0.2) is 0 Å². The molecule has 4 nitrogen and oxygen atoms in total. The molecular weight excluding hydrogens is 308 g/mol. The van der Waals surface area contributed by atoms with Crippen LogP contribution < -0.4 is 0 Å². The maximum absolute atomic E-state index is 11.5. The number of pyridine rings is 1. The molecule has 5 heteroatoms. The van der Waals surface area contributed by atoms with E-state index in [1.165, 1.54) is 15.0 Å². The summed E-state index contributed by atoms with van der Waals surface area (Å²) in [6, 6.07) is 4.24. The average Bonchev–Trinajstić information content (AvgIpc) is 2.88. The first-order valence-electron chi connectivity index (χ1n) is 8.10. The van der Waals surface area contributed by atoms with E-state index < -0.39 is 5.97 Å². The summed E-state index contributed by atoms with van der Waals surface area (Å²) >= 11 is 1.76. The van der Waals surface area contributed by atoms with Crippen molar-refractivity contribution in [3.05, 3.63) is 29.4 Å². The van der Waals surface area contributed by atoms with Gasteiger partial charge in [0.25, 0.3) is 0 Å². The number of carboxylic acid groups (broad SMARTS) is 1. The highest BCUT2D eigenvalue weighted by atomic mass is 32.1. The van der Waals surface area contributed by atoms with Crippen molar-refractivity contribution in [3.63, 3.8) is 0 Å². The van der Waals surface area contributed by atoms with Crippen LogP contribution in [-0.4, -0.2) is 34.0 Å². The molecule has 0 spiro atoms. The zero-order valence-electron chi connectivity index (χ0n) is 14.0. The van der Waals surface area contributed by atoms with Crippen molar-refractivity contribution in [2.75, 3.05) is 13.1 Å². The second-order valence-corrected chi connectivity index (χ2v) is 8.82. The van der Waals surface area contributed by atoms with Crippen LogP contribution in [0.25, 0.3) is 10.1 Å². The van der Waals surface area contributed by atoms with E-state index in [0.29, 0.717) is 12.5 Å². The third-order valence-electron chi connectivity index (χ3n) is 4.85. The molecule has 1 aliphatic rings. The van der Waals surface area contributed by atoms with Crippen LogP contribution in [0.2, 0.25) is 0 Å². The number of nitrogens with zero attached hydrogens (tertiary/aromatic N) is 2. The minimum Gasteiger partial charge on any atom is -0.481 e. The van der Waals surface area contributed by atoms with E-state index in [2.05, 4.69) is 36.7 Å². The Bertz CT molecular complexity index is 671. The van der Waals surface area contributed by atoms with Crippen LogP contribution in [0.3, 0.4) is 0 Å². The second-order valence-electron chi connectivity index (χ2n) is 7.65. The number of carboxylic acids is 1. The van der Waals surface area contributed by atoms with Gasteiger partial charge in [-0.2, -0.15) is 0 Å². The van der Waals surface area contributed by atoms with Gasteiger partial charge >= 0.3 is 5.97 Å². The number of aliphatic carboxylic acids is 1. The number of hydrogen-bond donors (Lipinski definition) is 1. The van der Waals surface area contributed by atoms with Gasteiger partial charge in [-0.1, -0.05) is 20.8 Å². The van der Waals surface area contributed by atoms with E-state index >= 15 is 0 Å². The Balaban J connectivity index is 1.78. The Morgan fingerprint density at radius 3 is 2.87 bits per heavy atom. The van der Waals surface area contributed by atoms with Crippen LogP contribution in [0.4, 0.5) is 0 Å². The third-order valence-corrected chi connectivity index (χ3v) is 5.92. The molecule has 1 N–H and O–H groups in total. The van der Waals surface area contributed by atoms with Crippen LogP contribution in [0.1, 0.15) is 32.1 Å². The molecule has 0 unspecified atom stereocenters. The van der Waals surface area contributed by atoms with Crippen LogP contribution >= 0.6 is 11.3 Å². The average molecular weight is 332 g/mol. The number of fused-ring (bicyclic) bond motifs is 1. The lowest BCUT2D eigenvalue weighted by molar-refractivity contribution is -0.145. The number of rotatable bonds is 3. The SMILES string of the molecule is CC(C)(C)[C@@H]1C[C@H](C(=O)O)CN(Cc2cc3ccncc3s2)C1. The summed E-state index contributed by atoms with van der Waals surface area (Å²) < 4.78 is 1.20. The highest BCUT2D eigenvalue weighted by Gasteiger charge is 2.37. The topological polar surface area (TPSA) is 53.4 Å². The van der Waals surface area contributed by atoms with Gasteiger partial charge in [-0.05, 0) is 35.3 Å². The highest BCUT2D eigenvalue weighted by molar-refractivity contribution is 7.19. The number of likely N-dealkylation sites (tertiary alicyclic amines) is 1. The van der Waals surface area contributed by atoms with Crippen molar-refractivity contribution in [1.82, 2.24) is 9.88 Å². The van der Waals surface area contributed by atoms with Crippen LogP contribution in [0.5, 0.6) is 0 Å². The summed E-state index contributed by atoms with van der Waals surface area (Å²) in [6.07, 6.45) is 4.50. The predicted octanol–water partition coefficient (Wildman–Crippen LogP) is 3.87. The fraction of sp³-hybridized carbons (Fsp3) is 0.556. The van der Waals surface area contributed by atoms with Crippen molar-refractivity contribution in [2.45, 2.75) is 33.7 Å². The molecule has 2 aromatic rings. The van der Waals surface area contributed by atoms with Crippen molar-refractivity contribution < 1.29 is 9.90 Å². The van der Waals surface area contributed by atoms with Crippen molar-refractivity contribution in [1.29, 1.82) is 0 Å². The summed E-state index contributed by atoms with van der Waals surface area (Å²) in [5, 5.41) is 10.7. The Labute approximate surface area is 141 Å². The Morgan fingerprint density at radius 2 is 2.22 bits per heavy atom. The molecule has 0 amide bonds. The minimum atomic E-state index is -0.663. The van der Waals surface area contributed by atoms with E-state index in [1.54, 1.807) is 11.3 Å². The number of piperidine rings is 1. The quantitative estimate of drug-likeness (QED) is 0.927. The molecule has 0 bridgehead atoms. The number of thiophene rings is 1. The number of carbonyl (C=O) groups is 1. The minimum absolute atomic E-state index is 0.135. The lowest BCUT2D eigenvalue weighted by Gasteiger charge is -2.42. The summed E-state index contributed by atoms with van der Waals surface area (Å²) in [7, 11) is 0. The highest BCUT2D eigenvalue weighted by Crippen LogP contribution is 2.36. The maximum atomic E-state index is 11.5. The molecule has 0 radical (unpaired) electrons. The van der Waals surface area contributed by atoms with Gasteiger partial charge in [0, 0.05) is 36.9 Å². The maximum Gasteiger partial charge on any atom is 0.307 e. The molecule has 3 rings (SSSR count). The van der Waals surface area contributed by atoms with Crippen molar-refractivity contribution in [3.8, 4) is 0 Å². The molecule has 124 valence electrons. The lowest BCUT2D eigenvalue weighted by Crippen LogP contribution is -2.46. The van der Waals surface area contributed by atoms with Crippen LogP contribution in [0, 0.1) is 17.3 Å². The summed E-state index contributed by atoms with van der Waals surface area (Å²) in [5.41, 5.74) is 0.135. The van der Waals surface area contributed by atoms with Gasteiger partial charge in [0.1, 0.15) is 0 Å². The smallest absolute Gasteiger partial charge is 0.307 e. The Hall–Kier alpha value is -1.46. The zero-order valence-corrected chi connectivity index (χ0v) is 14.8. The molecule has 2 atom stereocenters. The van der Waals surface area contributed by atoms with Gasteiger partial charge in [-0.3, -0.25) is 14.7 Å². The normalized spacial score (nSPS) is 23.3. The molecule has 2 aromatic heterocycles. The molecule has 1 aliphatic heterocycles. The molecule has 0 saturated carbocycles. The van der Waals surface area contributed by atoms with E-state index in [1.807, 2.05) is 18.5 Å². The van der Waals surface area contributed by atoms with Gasteiger partial charge in [-0.15, -0.1) is 11.3 Å². The van der Waals surface area contributed by atoms with Crippen molar-refractivity contribution in [2.24, 2.45) is 17.3 Å². The first-order chi connectivity index (χ1) is 10.8. The molecular formula is C18H24N2O2S. The monoisotopic (exact) mass is 332 g/mol. The molecule has 23 heavy (non-hydrogen) atoms. The Kier molecular flexibility index (Phi) is 4.43. The summed E-state index contributed by atoms with van der Waals surface area (Å²) in [6.45, 7) is 9.09. The summed E-state index contributed by atoms with van der Waals surface area (Å²) in [4.78, 5) is 19.3. The molecule has 3 heterocycles. The van der Waals surface area contributed by atoms with Crippen LogP contribution in [0.15, 0.2) is 24.5 Å². The fourth-order valence-electron chi connectivity index (χ4n) is 3.36. The molecule has 0 aliphatic carbocycles. The van der Waals surface area contributed by atoms with Gasteiger partial charge in [0.2, 0.25) is 0 Å². The van der Waals surface area contributed by atoms with E-state index in [0.717, 1.165) is 19.5 Å². The predicted molar refractivity (Wildman–Crippen MR) is 93.6 cm³/mol. The van der Waals surface area contributed by atoms with E-state index in [-0.39, 0.29) is 11.3 Å². The third kappa shape index (κ3) is 3.72. The van der Waals surface area contributed by atoms with Gasteiger partial charge in [-0.25, -0.2) is 0 Å². The van der Waals surface area contributed by atoms with Crippen molar-refractivity contribution >= 4 is 27.4 Å². The van der Waals surface area contributed by atoms with E-state index in [9.17, 15) is 9.90 Å². The first-order valence-corrected chi connectivity index (χ1v) is 8.92. The van der Waals surface area contributed by atoms with Gasteiger partial charge in [0.05, 0.1) is 10.6 Å². The largest absolute Gasteiger partial charge is 0.481 e. The fourth-order valence-corrected chi connectivity index (χ4v) is 4.44. The molecule has 1 saturated heterocycles. The number of hydrogen-bond acceptors (Lipinski definition) is 4.